The quantitative estimate of drug-likeness (QED) is 0.601. The average Bonchev–Trinajstić information content (AvgIpc) is 2.26. The summed E-state index contributed by atoms with van der Waals surface area (Å²) in [6, 6.07) is 0. The molecule has 0 amide bonds. The highest BCUT2D eigenvalue weighted by Gasteiger charge is 2.36. The topological polar surface area (TPSA) is 91.7 Å². The van der Waals surface area contributed by atoms with E-state index in [0.29, 0.717) is 25.7 Å². The average molecular weight is 306 g/mol. The van der Waals surface area contributed by atoms with Crippen molar-refractivity contribution in [2.45, 2.75) is 76.5 Å². The molecule has 0 atom stereocenters. The normalized spacial score (nSPS) is 12.7. The summed E-state index contributed by atoms with van der Waals surface area (Å²) < 4.78 is 12.7. The van der Waals surface area contributed by atoms with Crippen molar-refractivity contribution in [1.82, 2.24) is 0 Å². The van der Waals surface area contributed by atoms with Gasteiger partial charge in [-0.25, -0.2) is 0 Å². The molecule has 118 valence electrons. The van der Waals surface area contributed by atoms with Crippen LogP contribution < -0.4 is 0 Å². The molecule has 0 aromatic heterocycles. The molecule has 0 radical (unpaired) electrons. The Morgan fingerprint density at radius 1 is 0.850 bits per heavy atom. The summed E-state index contributed by atoms with van der Waals surface area (Å²) in [5.74, 6) is -1.66. The fourth-order valence-corrected chi connectivity index (χ4v) is 5.15. The third-order valence-electron chi connectivity index (χ3n) is 3.61. The van der Waals surface area contributed by atoms with E-state index in [-0.39, 0.29) is 12.8 Å². The fraction of sp³-hybridized carbons (Fsp3) is 0.857. The monoisotopic (exact) mass is 306 g/mol. The Morgan fingerprint density at radius 3 is 1.40 bits per heavy atom. The summed E-state index contributed by atoms with van der Waals surface area (Å²) in [6.07, 6.45) is 2.45. The summed E-state index contributed by atoms with van der Waals surface area (Å²) in [5.41, 5.74) is 0. The highest BCUT2D eigenvalue weighted by atomic mass is 31.1. The SMILES string of the molecule is CC(C)(CCCC(=O)O)[PH](=O)C(C)(C)CCCC(=O)O. The number of carbonyl (C=O) groups is 2. The smallest absolute Gasteiger partial charge is 0.303 e. The van der Waals surface area contributed by atoms with Crippen molar-refractivity contribution in [1.29, 1.82) is 0 Å². The van der Waals surface area contributed by atoms with Crippen LogP contribution in [0.1, 0.15) is 66.2 Å². The van der Waals surface area contributed by atoms with E-state index >= 15 is 0 Å². The second-order valence-electron chi connectivity index (χ2n) is 6.59. The lowest BCUT2D eigenvalue weighted by molar-refractivity contribution is -0.138. The highest BCUT2D eigenvalue weighted by Crippen LogP contribution is 2.54. The maximum atomic E-state index is 12.7. The number of hydrogen-bond acceptors (Lipinski definition) is 3. The number of aliphatic carboxylic acids is 2. The molecule has 20 heavy (non-hydrogen) atoms. The summed E-state index contributed by atoms with van der Waals surface area (Å²) in [6.45, 7) is 7.65. The molecule has 2 N–H and O–H groups in total. The van der Waals surface area contributed by atoms with Gasteiger partial charge in [0.15, 0.2) is 0 Å². The van der Waals surface area contributed by atoms with Crippen LogP contribution in [0.15, 0.2) is 0 Å². The molecule has 0 unspecified atom stereocenters. The standard InChI is InChI=1S/C14H27O5P/c1-13(2,9-5-7-11(15)16)20(19)14(3,4)10-6-8-12(17)18/h20H,5-10H2,1-4H3,(H,15,16)(H,17,18). The van der Waals surface area contributed by atoms with Gasteiger partial charge in [0.2, 0.25) is 0 Å². The van der Waals surface area contributed by atoms with E-state index in [1.807, 2.05) is 27.7 Å². The first-order valence-corrected chi connectivity index (χ1v) is 8.38. The maximum absolute atomic E-state index is 12.7. The van der Waals surface area contributed by atoms with E-state index in [0.717, 1.165) is 0 Å². The fourth-order valence-electron chi connectivity index (χ4n) is 2.51. The van der Waals surface area contributed by atoms with E-state index in [2.05, 4.69) is 0 Å². The molecule has 0 aliphatic rings. The molecular weight excluding hydrogens is 279 g/mol. The summed E-state index contributed by atoms with van der Waals surface area (Å²) >= 11 is 0. The van der Waals surface area contributed by atoms with Crippen LogP contribution >= 0.6 is 7.80 Å². The lowest BCUT2D eigenvalue weighted by Crippen LogP contribution is -2.26. The zero-order chi connectivity index (χ0) is 16.0. The van der Waals surface area contributed by atoms with Crippen molar-refractivity contribution in [2.24, 2.45) is 0 Å². The van der Waals surface area contributed by atoms with Crippen LogP contribution in [0, 0.1) is 0 Å². The number of hydrogen-bond donors (Lipinski definition) is 2. The Hall–Kier alpha value is -0.830. The van der Waals surface area contributed by atoms with E-state index in [4.69, 9.17) is 10.2 Å². The van der Waals surface area contributed by atoms with Crippen LogP contribution in [-0.4, -0.2) is 32.5 Å². The van der Waals surface area contributed by atoms with Gasteiger partial charge in [-0.15, -0.1) is 0 Å². The van der Waals surface area contributed by atoms with Crippen molar-refractivity contribution < 1.29 is 24.4 Å². The van der Waals surface area contributed by atoms with Crippen LogP contribution in [0.25, 0.3) is 0 Å². The summed E-state index contributed by atoms with van der Waals surface area (Å²) in [7, 11) is -1.97. The van der Waals surface area contributed by atoms with Gasteiger partial charge in [-0.2, -0.15) is 0 Å². The summed E-state index contributed by atoms with van der Waals surface area (Å²) in [5, 5.41) is 16.5. The van der Waals surface area contributed by atoms with Crippen LogP contribution in [0.2, 0.25) is 0 Å². The Labute approximate surface area is 121 Å². The predicted octanol–water partition coefficient (Wildman–Crippen LogP) is 3.61. The molecule has 0 rings (SSSR count). The number of carboxylic acids is 2. The second kappa shape index (κ2) is 7.82. The largest absolute Gasteiger partial charge is 0.481 e. The van der Waals surface area contributed by atoms with Crippen molar-refractivity contribution in [3.05, 3.63) is 0 Å². The highest BCUT2D eigenvalue weighted by molar-refractivity contribution is 7.48. The Kier molecular flexibility index (Phi) is 7.50. The Morgan fingerprint density at radius 2 is 1.15 bits per heavy atom. The first-order valence-electron chi connectivity index (χ1n) is 6.97. The minimum Gasteiger partial charge on any atom is -0.481 e. The lowest BCUT2D eigenvalue weighted by Gasteiger charge is -2.34. The second-order valence-corrected chi connectivity index (χ2v) is 9.96. The minimum absolute atomic E-state index is 0.0953. The minimum atomic E-state index is -1.97. The summed E-state index contributed by atoms with van der Waals surface area (Å²) in [4.78, 5) is 21.1. The van der Waals surface area contributed by atoms with Crippen LogP contribution in [0.3, 0.4) is 0 Å². The van der Waals surface area contributed by atoms with Crippen LogP contribution in [0.4, 0.5) is 0 Å². The Balaban J connectivity index is 4.50. The maximum Gasteiger partial charge on any atom is 0.303 e. The molecule has 0 heterocycles. The van der Waals surface area contributed by atoms with Gasteiger partial charge in [-0.1, -0.05) is 27.7 Å². The molecule has 0 bridgehead atoms. The molecule has 0 aliphatic heterocycles. The number of carboxylic acid groups (broad SMARTS) is 2. The number of rotatable bonds is 10. The van der Waals surface area contributed by atoms with E-state index < -0.39 is 30.1 Å². The van der Waals surface area contributed by atoms with Gasteiger partial charge < -0.3 is 14.8 Å². The molecule has 5 nitrogen and oxygen atoms in total. The molecule has 0 fully saturated rings. The van der Waals surface area contributed by atoms with Crippen LogP contribution in [0.5, 0.6) is 0 Å². The third kappa shape index (κ3) is 7.09. The molecule has 0 aromatic rings. The molecular formula is C14H27O5P. The van der Waals surface area contributed by atoms with Crippen LogP contribution in [-0.2, 0) is 14.2 Å². The van der Waals surface area contributed by atoms with Gasteiger partial charge >= 0.3 is 11.9 Å². The van der Waals surface area contributed by atoms with Crippen molar-refractivity contribution in [3.8, 4) is 0 Å². The van der Waals surface area contributed by atoms with Gasteiger partial charge in [0, 0.05) is 23.2 Å². The van der Waals surface area contributed by atoms with E-state index in [1.165, 1.54) is 0 Å². The molecule has 0 aromatic carbocycles. The molecule has 0 aliphatic carbocycles. The molecule has 0 spiro atoms. The van der Waals surface area contributed by atoms with Gasteiger partial charge in [0.25, 0.3) is 0 Å². The van der Waals surface area contributed by atoms with Gasteiger partial charge in [-0.3, -0.25) is 9.59 Å². The molecule has 0 saturated carbocycles. The first-order chi connectivity index (χ1) is 8.99. The van der Waals surface area contributed by atoms with E-state index in [1.54, 1.807) is 0 Å². The molecule has 6 heteroatoms. The lowest BCUT2D eigenvalue weighted by atomic mass is 10.0. The van der Waals surface area contributed by atoms with Crippen molar-refractivity contribution >= 4 is 19.7 Å². The molecule has 0 saturated heterocycles. The zero-order valence-corrected chi connectivity index (χ0v) is 13.9. The van der Waals surface area contributed by atoms with Gasteiger partial charge in [0.05, 0.1) is 7.80 Å². The van der Waals surface area contributed by atoms with E-state index in [9.17, 15) is 14.2 Å². The van der Waals surface area contributed by atoms with Crippen molar-refractivity contribution in [2.75, 3.05) is 0 Å². The predicted molar refractivity (Wildman–Crippen MR) is 80.1 cm³/mol. The van der Waals surface area contributed by atoms with Crippen molar-refractivity contribution in [3.63, 3.8) is 0 Å². The Bertz CT molecular complexity index is 340. The first kappa shape index (κ1) is 19.2. The third-order valence-corrected chi connectivity index (χ3v) is 6.57. The zero-order valence-electron chi connectivity index (χ0n) is 12.9. The van der Waals surface area contributed by atoms with Gasteiger partial charge in [-0.05, 0) is 25.7 Å². The van der Waals surface area contributed by atoms with Gasteiger partial charge in [0.1, 0.15) is 0 Å².